The summed E-state index contributed by atoms with van der Waals surface area (Å²) >= 11 is 0. The summed E-state index contributed by atoms with van der Waals surface area (Å²) in [6, 6.07) is -1.59. The second-order valence-electron chi connectivity index (χ2n) is 15.6. The lowest BCUT2D eigenvalue weighted by Gasteiger charge is -2.14. The number of ether oxygens (including phenoxy) is 4. The molecule has 62 heavy (non-hydrogen) atoms. The molecule has 18 nitrogen and oxygen atoms in total. The molecule has 0 saturated carbocycles. The highest BCUT2D eigenvalue weighted by molar-refractivity contribution is 5.84. The normalized spacial score (nSPS) is 12.0. The van der Waals surface area contributed by atoms with Crippen LogP contribution in [0.3, 0.4) is 0 Å². The second-order valence-corrected chi connectivity index (χ2v) is 15.6. The minimum Gasteiger partial charge on any atom is -0.481 e. The van der Waals surface area contributed by atoms with Crippen LogP contribution < -0.4 is 27.0 Å². The minimum atomic E-state index is -1.18. The minimum absolute atomic E-state index is 0.0237. The van der Waals surface area contributed by atoms with Gasteiger partial charge in [-0.2, -0.15) is 0 Å². The Morgan fingerprint density at radius 2 is 0.871 bits per heavy atom. The number of nitrogens with one attached hydrogen (secondary N) is 4. The molecule has 0 aliphatic heterocycles. The van der Waals surface area contributed by atoms with Gasteiger partial charge in [-0.25, -0.2) is 4.79 Å². The number of ketones is 1. The lowest BCUT2D eigenvalue weighted by atomic mass is 10.0. The van der Waals surface area contributed by atoms with Crippen molar-refractivity contribution in [2.75, 3.05) is 72.5 Å². The van der Waals surface area contributed by atoms with Crippen molar-refractivity contribution in [3.05, 3.63) is 0 Å². The van der Waals surface area contributed by atoms with Gasteiger partial charge in [0.15, 0.2) is 0 Å². The predicted molar refractivity (Wildman–Crippen MR) is 234 cm³/mol. The van der Waals surface area contributed by atoms with E-state index in [0.717, 1.165) is 51.4 Å². The van der Waals surface area contributed by atoms with Crippen LogP contribution in [-0.4, -0.2) is 136 Å². The third kappa shape index (κ3) is 41.6. The summed E-state index contributed by atoms with van der Waals surface area (Å²) in [5.41, 5.74) is 5.67. The molecule has 0 aliphatic carbocycles. The number of hydrogen-bond acceptors (Lipinski definition) is 12. The highest BCUT2D eigenvalue weighted by Crippen LogP contribution is 2.14. The summed E-state index contributed by atoms with van der Waals surface area (Å²) in [6.07, 6.45) is 20.4. The van der Waals surface area contributed by atoms with Crippen LogP contribution in [0.2, 0.25) is 0 Å². The molecule has 0 aromatic carbocycles. The van der Waals surface area contributed by atoms with Crippen molar-refractivity contribution in [2.24, 2.45) is 5.73 Å². The van der Waals surface area contributed by atoms with Crippen molar-refractivity contribution in [3.8, 4) is 0 Å². The van der Waals surface area contributed by atoms with Gasteiger partial charge in [0.25, 0.3) is 0 Å². The first-order chi connectivity index (χ1) is 29.9. The van der Waals surface area contributed by atoms with E-state index in [1.165, 1.54) is 64.7 Å². The highest BCUT2D eigenvalue weighted by atomic mass is 16.5. The van der Waals surface area contributed by atoms with E-state index < -0.39 is 24.0 Å². The van der Waals surface area contributed by atoms with Crippen LogP contribution >= 0.6 is 0 Å². The number of unbranched alkanes of at least 4 members (excludes halogenated alkanes) is 16. The molecule has 0 bridgehead atoms. The first-order valence-corrected chi connectivity index (χ1v) is 23.0. The Morgan fingerprint density at radius 1 is 0.452 bits per heavy atom. The van der Waals surface area contributed by atoms with Crippen LogP contribution in [0.1, 0.15) is 155 Å². The zero-order valence-electron chi connectivity index (χ0n) is 37.7. The summed E-state index contributed by atoms with van der Waals surface area (Å²) in [6.45, 7) is 3.50. The van der Waals surface area contributed by atoms with Crippen molar-refractivity contribution < 1.29 is 62.7 Å². The summed E-state index contributed by atoms with van der Waals surface area (Å²) in [5.74, 6) is -3.16. The van der Waals surface area contributed by atoms with E-state index in [9.17, 15) is 38.7 Å². The predicted octanol–water partition coefficient (Wildman–Crippen LogP) is 3.94. The van der Waals surface area contributed by atoms with Crippen LogP contribution in [0.5, 0.6) is 0 Å². The first kappa shape index (κ1) is 58.3. The molecule has 0 aliphatic rings. The number of aliphatic carboxylic acids is 2. The van der Waals surface area contributed by atoms with Crippen LogP contribution in [0, 0.1) is 0 Å². The number of amides is 4. The van der Waals surface area contributed by atoms with Gasteiger partial charge in [-0.15, -0.1) is 0 Å². The molecule has 0 fully saturated rings. The maximum Gasteiger partial charge on any atom is 0.326 e. The maximum atomic E-state index is 12.3. The zero-order valence-corrected chi connectivity index (χ0v) is 37.7. The number of nitrogens with two attached hydrogens (primary N) is 1. The standard InChI is InChI=1S/C44H81N5O13/c1-36(50)37(45)20-18-19-25-46-41(53)34-61-32-31-60-29-27-48-42(54)35-62-33-30-59-28-26-47-39(51)24-23-38(44(57)58)49-40(52)21-16-14-12-10-8-6-4-2-3-5-7-9-11-13-15-17-22-43(55)56/h37-38H,2-35,45H2,1H3,(H,46,53)(H,47,51)(H,48,54)(H,49,52)(H,55,56)(H,57,58)/t37?,38-/m0/s1. The van der Waals surface area contributed by atoms with Crippen LogP contribution in [-0.2, 0) is 52.5 Å². The van der Waals surface area contributed by atoms with Gasteiger partial charge < -0.3 is 56.2 Å². The van der Waals surface area contributed by atoms with Gasteiger partial charge in [-0.3, -0.25) is 28.8 Å². The van der Waals surface area contributed by atoms with Gasteiger partial charge in [-0.05, 0) is 45.4 Å². The Labute approximate surface area is 369 Å². The van der Waals surface area contributed by atoms with Crippen molar-refractivity contribution in [1.29, 1.82) is 0 Å². The molecule has 8 N–H and O–H groups in total. The molecule has 0 radical (unpaired) electrons. The fourth-order valence-corrected chi connectivity index (χ4v) is 6.24. The Morgan fingerprint density at radius 3 is 1.32 bits per heavy atom. The summed E-state index contributed by atoms with van der Waals surface area (Å²) in [4.78, 5) is 81.5. The van der Waals surface area contributed by atoms with Crippen molar-refractivity contribution in [1.82, 2.24) is 21.3 Å². The fraction of sp³-hybridized carbons (Fsp3) is 0.841. The molecule has 0 aromatic heterocycles. The molecule has 0 aromatic rings. The quantitative estimate of drug-likeness (QED) is 0.0427. The van der Waals surface area contributed by atoms with Crippen molar-refractivity contribution in [2.45, 2.75) is 167 Å². The largest absolute Gasteiger partial charge is 0.481 e. The lowest BCUT2D eigenvalue weighted by Crippen LogP contribution is -2.41. The van der Waals surface area contributed by atoms with Crippen molar-refractivity contribution in [3.63, 3.8) is 0 Å². The highest BCUT2D eigenvalue weighted by Gasteiger charge is 2.21. The van der Waals surface area contributed by atoms with E-state index in [1.54, 1.807) is 0 Å². The molecule has 4 amide bonds. The van der Waals surface area contributed by atoms with Gasteiger partial charge in [-0.1, -0.05) is 89.9 Å². The number of carbonyl (C=O) groups is 7. The second kappa shape index (κ2) is 42.6. The number of carboxylic acids is 2. The molecule has 0 saturated heterocycles. The molecule has 0 rings (SSSR count). The van der Waals surface area contributed by atoms with Crippen LogP contribution in [0.4, 0.5) is 0 Å². The Balaban J connectivity index is 3.63. The van der Waals surface area contributed by atoms with Gasteiger partial charge in [0.1, 0.15) is 25.0 Å². The van der Waals surface area contributed by atoms with E-state index in [1.807, 2.05) is 0 Å². The summed E-state index contributed by atoms with van der Waals surface area (Å²) < 4.78 is 21.3. The summed E-state index contributed by atoms with van der Waals surface area (Å²) in [5, 5.41) is 28.8. The van der Waals surface area contributed by atoms with Crippen molar-refractivity contribution >= 4 is 41.4 Å². The van der Waals surface area contributed by atoms with Crippen LogP contribution in [0.15, 0.2) is 0 Å². The molecular formula is C44H81N5O13. The van der Waals surface area contributed by atoms with E-state index in [-0.39, 0.29) is 121 Å². The molecule has 18 heteroatoms. The first-order valence-electron chi connectivity index (χ1n) is 23.0. The van der Waals surface area contributed by atoms with Gasteiger partial charge >= 0.3 is 11.9 Å². The Bertz CT molecular complexity index is 1210. The Hall–Kier alpha value is -3.71. The average Bonchev–Trinajstić information content (AvgIpc) is 3.23. The molecular weight excluding hydrogens is 807 g/mol. The fourth-order valence-electron chi connectivity index (χ4n) is 6.24. The van der Waals surface area contributed by atoms with Gasteiger partial charge in [0.2, 0.25) is 23.6 Å². The maximum absolute atomic E-state index is 12.3. The number of rotatable bonds is 46. The number of carbonyl (C=O) groups excluding carboxylic acids is 5. The third-order valence-electron chi connectivity index (χ3n) is 9.97. The average molecular weight is 888 g/mol. The number of hydrogen-bond donors (Lipinski definition) is 7. The van der Waals surface area contributed by atoms with E-state index >= 15 is 0 Å². The molecule has 0 heterocycles. The number of carboxylic acid groups (broad SMARTS) is 2. The van der Waals surface area contributed by atoms with Crippen LogP contribution in [0.25, 0.3) is 0 Å². The van der Waals surface area contributed by atoms with E-state index in [4.69, 9.17) is 29.8 Å². The zero-order chi connectivity index (χ0) is 45.9. The van der Waals surface area contributed by atoms with Gasteiger partial charge in [0.05, 0.1) is 45.7 Å². The summed E-state index contributed by atoms with van der Waals surface area (Å²) in [7, 11) is 0. The van der Waals surface area contributed by atoms with Gasteiger partial charge in [0, 0.05) is 38.9 Å². The smallest absolute Gasteiger partial charge is 0.326 e. The SMILES string of the molecule is CC(=O)C(N)CCCCNC(=O)COCCOCCNC(=O)COCCOCCNC(=O)CC[C@H](NC(=O)CCCCCCCCCCCCCCCCCCC(=O)O)C(=O)O. The van der Waals surface area contributed by atoms with E-state index in [2.05, 4.69) is 21.3 Å². The van der Waals surface area contributed by atoms with E-state index in [0.29, 0.717) is 19.4 Å². The monoisotopic (exact) mass is 888 g/mol. The molecule has 0 spiro atoms. The third-order valence-corrected chi connectivity index (χ3v) is 9.97. The number of Topliss-reactive ketones (excluding diaryl/α,β-unsaturated/α-hetero) is 1. The topological polar surface area (TPSA) is 271 Å². The Kier molecular flexibility index (Phi) is 40.0. The molecule has 2 atom stereocenters. The lowest BCUT2D eigenvalue weighted by molar-refractivity contribution is -0.142. The molecule has 360 valence electrons. The molecule has 1 unspecified atom stereocenters.